The molecule has 0 amide bonds. The lowest BCUT2D eigenvalue weighted by molar-refractivity contribution is 0.747. The lowest BCUT2D eigenvalue weighted by Gasteiger charge is -2.17. The predicted octanol–water partition coefficient (Wildman–Crippen LogP) is 11.1. The average Bonchev–Trinajstić information content (AvgIpc) is 3.11. The van der Waals surface area contributed by atoms with E-state index in [9.17, 15) is 0 Å². The fourth-order valence-electron chi connectivity index (χ4n) is 5.05. The minimum atomic E-state index is 0.206. The number of benzene rings is 4. The summed E-state index contributed by atoms with van der Waals surface area (Å²) in [6, 6.07) is 29.1. The summed E-state index contributed by atoms with van der Waals surface area (Å²) in [6.45, 7) is 16.4. The second-order valence-electron chi connectivity index (χ2n) is 11.2. The normalized spacial score (nSPS) is 14.5. The molecule has 1 atom stereocenters. The van der Waals surface area contributed by atoms with Crippen LogP contribution in [-0.2, 0) is 0 Å². The zero-order valence-corrected chi connectivity index (χ0v) is 27.3. The van der Waals surface area contributed by atoms with Crippen molar-refractivity contribution in [2.24, 2.45) is 0 Å². The third kappa shape index (κ3) is 9.53. The number of anilines is 1. The highest BCUT2D eigenvalue weighted by Gasteiger charge is 2.09. The Morgan fingerprint density at radius 3 is 2.17 bits per heavy atom. The molecule has 4 aromatic carbocycles. The van der Waals surface area contributed by atoms with Gasteiger partial charge in [-0.1, -0.05) is 129 Å². The van der Waals surface area contributed by atoms with Gasteiger partial charge in [0, 0.05) is 11.9 Å². The topological polar surface area (TPSA) is 61.9 Å². The molecule has 0 aromatic heterocycles. The van der Waals surface area contributed by atoms with Gasteiger partial charge in [-0.15, -0.1) is 0 Å². The van der Waals surface area contributed by atoms with Crippen molar-refractivity contribution in [1.82, 2.24) is 5.32 Å². The van der Waals surface area contributed by atoms with E-state index in [1.165, 1.54) is 22.6 Å². The van der Waals surface area contributed by atoms with Crippen molar-refractivity contribution >= 4 is 39.9 Å². The van der Waals surface area contributed by atoms with Crippen molar-refractivity contribution in [2.75, 3.05) is 5.73 Å². The maximum absolute atomic E-state index is 7.69. The Labute approximate surface area is 280 Å². The number of aryl methyl sites for hydroxylation is 1. The Bertz CT molecular complexity index is 1940. The van der Waals surface area contributed by atoms with Crippen LogP contribution < -0.4 is 11.1 Å². The third-order valence-electron chi connectivity index (χ3n) is 7.86. The minimum Gasteiger partial charge on any atom is -0.399 e. The van der Waals surface area contributed by atoms with E-state index in [1.807, 2.05) is 66.9 Å². The van der Waals surface area contributed by atoms with E-state index in [2.05, 4.69) is 118 Å². The number of allylic oxidation sites excluding steroid dienone is 12. The molecule has 234 valence electrons. The molecule has 3 nitrogen and oxygen atoms in total. The van der Waals surface area contributed by atoms with Crippen molar-refractivity contribution in [2.45, 2.75) is 19.9 Å². The first kappa shape index (κ1) is 34.0. The summed E-state index contributed by atoms with van der Waals surface area (Å²) in [5.74, 6) is 0. The summed E-state index contributed by atoms with van der Waals surface area (Å²) in [5.41, 5.74) is 15.4. The van der Waals surface area contributed by atoms with Gasteiger partial charge in [-0.25, -0.2) is 0 Å². The van der Waals surface area contributed by atoms with Gasteiger partial charge in [0.1, 0.15) is 0 Å². The molecule has 47 heavy (non-hydrogen) atoms. The molecule has 4 N–H and O–H groups in total. The maximum Gasteiger partial charge on any atom is 0.0695 e. The van der Waals surface area contributed by atoms with E-state index in [4.69, 9.17) is 11.1 Å². The number of fused-ring (bicyclic) bond motifs is 1. The molecule has 5 rings (SSSR count). The van der Waals surface area contributed by atoms with E-state index in [0.717, 1.165) is 50.2 Å². The summed E-state index contributed by atoms with van der Waals surface area (Å²) in [7, 11) is 0. The fraction of sp³-hybridized carbons (Fsp3) is 0.0682. The van der Waals surface area contributed by atoms with Crippen LogP contribution in [0.2, 0.25) is 0 Å². The molecule has 0 fully saturated rings. The van der Waals surface area contributed by atoms with Crippen molar-refractivity contribution in [3.05, 3.63) is 205 Å². The summed E-state index contributed by atoms with van der Waals surface area (Å²) in [5, 5.41) is 13.5. The Kier molecular flexibility index (Phi) is 12.2. The highest BCUT2D eigenvalue weighted by molar-refractivity contribution is 6.08. The van der Waals surface area contributed by atoms with E-state index >= 15 is 0 Å². The number of nitrogens with one attached hydrogen (secondary N) is 2. The molecule has 1 heterocycles. The van der Waals surface area contributed by atoms with Crippen LogP contribution in [-0.4, -0.2) is 6.21 Å². The van der Waals surface area contributed by atoms with E-state index in [1.54, 1.807) is 6.08 Å². The lowest BCUT2D eigenvalue weighted by Crippen LogP contribution is -2.14. The molecule has 1 aliphatic heterocycles. The monoisotopic (exact) mass is 613 g/mol. The Hall–Kier alpha value is -5.93. The first-order valence-electron chi connectivity index (χ1n) is 15.6. The lowest BCUT2D eigenvalue weighted by atomic mass is 9.96. The molecule has 0 spiro atoms. The third-order valence-corrected chi connectivity index (χ3v) is 7.86. The van der Waals surface area contributed by atoms with E-state index < -0.39 is 0 Å². The van der Waals surface area contributed by atoms with Crippen molar-refractivity contribution in [3.8, 4) is 0 Å². The number of rotatable bonds is 10. The van der Waals surface area contributed by atoms with Crippen LogP contribution >= 0.6 is 0 Å². The molecule has 0 aliphatic carbocycles. The van der Waals surface area contributed by atoms with Crippen LogP contribution in [0.25, 0.3) is 28.0 Å². The van der Waals surface area contributed by atoms with Gasteiger partial charge >= 0.3 is 0 Å². The molecule has 0 saturated carbocycles. The van der Waals surface area contributed by atoms with Crippen LogP contribution in [0.1, 0.15) is 40.8 Å². The standard InChI is InChI=1S/C38H36N2.C6H7N/c1-6-10-37(26-39)35-17-14-29(5)31(23-35)16-13-28(4)27(3)12-15-30(7-2)32-18-19-34-25-36(21-20-33(34)24-32)38-11-8-9-22-40-38;7-6-4-2-1-3-5-6/h6-26,38-40H,1,3-4H2,2,5H3;1-5H,7H2/b15-12-,16-13-,30-7+,37-10+,39-26?;. The summed E-state index contributed by atoms with van der Waals surface area (Å²) in [6.07, 6.45) is 23.4. The molecule has 0 bridgehead atoms. The first-order valence-corrected chi connectivity index (χ1v) is 15.6. The summed E-state index contributed by atoms with van der Waals surface area (Å²) in [4.78, 5) is 0. The molecular formula is C44H43N3. The number of nitrogen functional groups attached to an aromatic ring is 1. The van der Waals surface area contributed by atoms with Crippen LogP contribution in [0.4, 0.5) is 5.69 Å². The van der Waals surface area contributed by atoms with Gasteiger partial charge in [0.15, 0.2) is 0 Å². The molecule has 3 heteroatoms. The van der Waals surface area contributed by atoms with Gasteiger partial charge in [0.05, 0.1) is 6.04 Å². The molecule has 4 aromatic rings. The SMILES string of the molecule is C=C/C=C(\C=N)c1ccc(C)c(/C=C\C(=C)C(=C)/C=C\C(=C/C)c2ccc3cc(C4C=CC=CN4)ccc3c2)c1.Nc1ccccc1. The number of nitrogens with two attached hydrogens (primary N) is 1. The largest absolute Gasteiger partial charge is 0.399 e. The molecule has 1 unspecified atom stereocenters. The molecule has 0 radical (unpaired) electrons. The van der Waals surface area contributed by atoms with Crippen LogP contribution in [0.15, 0.2) is 177 Å². The Morgan fingerprint density at radius 1 is 0.809 bits per heavy atom. The van der Waals surface area contributed by atoms with Crippen molar-refractivity contribution in [1.29, 1.82) is 5.41 Å². The predicted molar refractivity (Wildman–Crippen MR) is 207 cm³/mol. The van der Waals surface area contributed by atoms with E-state index in [-0.39, 0.29) is 6.04 Å². The maximum atomic E-state index is 7.69. The van der Waals surface area contributed by atoms with Crippen LogP contribution in [0.5, 0.6) is 0 Å². The van der Waals surface area contributed by atoms with Crippen molar-refractivity contribution in [3.63, 3.8) is 0 Å². The summed E-state index contributed by atoms with van der Waals surface area (Å²) >= 11 is 0. The average molecular weight is 614 g/mol. The minimum absolute atomic E-state index is 0.206. The highest BCUT2D eigenvalue weighted by atomic mass is 14.9. The molecular weight excluding hydrogens is 571 g/mol. The second kappa shape index (κ2) is 17.0. The van der Waals surface area contributed by atoms with Gasteiger partial charge in [-0.05, 0) is 117 Å². The smallest absolute Gasteiger partial charge is 0.0695 e. The summed E-state index contributed by atoms with van der Waals surface area (Å²) < 4.78 is 0. The van der Waals surface area contributed by atoms with Gasteiger partial charge in [-0.3, -0.25) is 0 Å². The van der Waals surface area contributed by atoms with Crippen LogP contribution in [0, 0.1) is 12.3 Å². The number of para-hydroxylation sites is 1. The fourth-order valence-corrected chi connectivity index (χ4v) is 5.05. The van der Waals surface area contributed by atoms with Gasteiger partial charge in [0.25, 0.3) is 0 Å². The van der Waals surface area contributed by atoms with Crippen molar-refractivity contribution < 1.29 is 0 Å². The zero-order valence-electron chi connectivity index (χ0n) is 27.3. The van der Waals surface area contributed by atoms with Gasteiger partial charge < -0.3 is 16.5 Å². The Morgan fingerprint density at radius 2 is 1.51 bits per heavy atom. The molecule has 1 aliphatic rings. The second-order valence-corrected chi connectivity index (χ2v) is 11.2. The number of dihydropyridines is 1. The zero-order chi connectivity index (χ0) is 33.6. The van der Waals surface area contributed by atoms with E-state index in [0.29, 0.717) is 0 Å². The Balaban J connectivity index is 0.000000632. The first-order chi connectivity index (χ1) is 22.8. The van der Waals surface area contributed by atoms with Crippen LogP contribution in [0.3, 0.4) is 0 Å². The van der Waals surface area contributed by atoms with Gasteiger partial charge in [0.2, 0.25) is 0 Å². The van der Waals surface area contributed by atoms with Gasteiger partial charge in [-0.2, -0.15) is 0 Å². The highest BCUT2D eigenvalue weighted by Crippen LogP contribution is 2.27. The number of hydrogen-bond donors (Lipinski definition) is 3. The molecule has 0 saturated heterocycles. The quantitative estimate of drug-likeness (QED) is 0.0946. The number of hydrogen-bond acceptors (Lipinski definition) is 3.